The lowest BCUT2D eigenvalue weighted by atomic mass is 9.99. The average molecular weight is 361 g/mol. The van der Waals surface area contributed by atoms with Crippen LogP contribution in [0.5, 0.6) is 5.75 Å². The van der Waals surface area contributed by atoms with Crippen molar-refractivity contribution in [2.24, 2.45) is 5.73 Å². The second-order valence-electron chi connectivity index (χ2n) is 4.03. The maximum Gasteiger partial charge on any atom is 0.120 e. The predicted molar refractivity (Wildman–Crippen MR) is 83.2 cm³/mol. The van der Waals surface area contributed by atoms with Crippen LogP contribution in [0, 0.1) is 0 Å². The van der Waals surface area contributed by atoms with E-state index >= 15 is 0 Å². The van der Waals surface area contributed by atoms with Crippen molar-refractivity contribution in [1.82, 2.24) is 0 Å². The van der Waals surface area contributed by atoms with Crippen molar-refractivity contribution in [2.75, 3.05) is 7.11 Å². The smallest absolute Gasteiger partial charge is 0.120 e. The molecule has 0 aromatic heterocycles. The van der Waals surface area contributed by atoms with Crippen molar-refractivity contribution in [3.63, 3.8) is 0 Å². The standard InChI is InChI=1S/C14H12BrCl2NO/c1-19-9-3-5-10(12(15)7-9)14(18)11-4-2-8(16)6-13(11)17/h2-7,14H,18H2,1H3. The summed E-state index contributed by atoms with van der Waals surface area (Å²) in [5.74, 6) is 0.769. The molecule has 0 amide bonds. The number of ether oxygens (including phenoxy) is 1. The molecular weight excluding hydrogens is 349 g/mol. The van der Waals surface area contributed by atoms with E-state index < -0.39 is 0 Å². The molecule has 2 aromatic rings. The SMILES string of the molecule is COc1ccc(C(N)c2ccc(Cl)cc2Cl)c(Br)c1. The largest absolute Gasteiger partial charge is 0.497 e. The summed E-state index contributed by atoms with van der Waals surface area (Å²) in [5, 5.41) is 1.15. The Balaban J connectivity index is 2.41. The van der Waals surface area contributed by atoms with Crippen molar-refractivity contribution in [2.45, 2.75) is 6.04 Å². The fourth-order valence-electron chi connectivity index (χ4n) is 1.81. The van der Waals surface area contributed by atoms with Gasteiger partial charge in [0.25, 0.3) is 0 Å². The summed E-state index contributed by atoms with van der Waals surface area (Å²) in [4.78, 5) is 0. The highest BCUT2D eigenvalue weighted by molar-refractivity contribution is 9.10. The highest BCUT2D eigenvalue weighted by atomic mass is 79.9. The van der Waals surface area contributed by atoms with E-state index in [0.29, 0.717) is 10.0 Å². The van der Waals surface area contributed by atoms with Gasteiger partial charge in [-0.15, -0.1) is 0 Å². The van der Waals surface area contributed by atoms with Crippen LogP contribution in [0.2, 0.25) is 10.0 Å². The Morgan fingerprint density at radius 1 is 1.11 bits per heavy atom. The Hall–Kier alpha value is -0.740. The second-order valence-corrected chi connectivity index (χ2v) is 5.73. The Bertz CT molecular complexity index is 604. The first kappa shape index (κ1) is 14.7. The van der Waals surface area contributed by atoms with Crippen LogP contribution in [0.3, 0.4) is 0 Å². The molecule has 0 aliphatic rings. The van der Waals surface area contributed by atoms with Crippen LogP contribution in [-0.4, -0.2) is 7.11 Å². The lowest BCUT2D eigenvalue weighted by molar-refractivity contribution is 0.414. The molecule has 1 atom stereocenters. The van der Waals surface area contributed by atoms with E-state index in [9.17, 15) is 0 Å². The van der Waals surface area contributed by atoms with Crippen LogP contribution < -0.4 is 10.5 Å². The number of methoxy groups -OCH3 is 1. The minimum Gasteiger partial charge on any atom is -0.497 e. The van der Waals surface area contributed by atoms with Gasteiger partial charge in [-0.25, -0.2) is 0 Å². The third-order valence-corrected chi connectivity index (χ3v) is 4.09. The first-order valence-corrected chi connectivity index (χ1v) is 7.11. The first-order chi connectivity index (χ1) is 9.02. The predicted octanol–water partition coefficient (Wildman–Crippen LogP) is 4.81. The Labute approximate surface area is 130 Å². The van der Waals surface area contributed by atoms with Gasteiger partial charge in [-0.1, -0.05) is 51.3 Å². The molecule has 0 radical (unpaired) electrons. The molecule has 0 saturated carbocycles. The van der Waals surface area contributed by atoms with Gasteiger partial charge in [0, 0.05) is 14.5 Å². The summed E-state index contributed by atoms with van der Waals surface area (Å²) in [7, 11) is 1.62. The number of hydrogen-bond acceptors (Lipinski definition) is 2. The van der Waals surface area contributed by atoms with E-state index in [1.807, 2.05) is 24.3 Å². The summed E-state index contributed by atoms with van der Waals surface area (Å²) in [5.41, 5.74) is 8.03. The van der Waals surface area contributed by atoms with Gasteiger partial charge in [-0.2, -0.15) is 0 Å². The van der Waals surface area contributed by atoms with E-state index in [4.69, 9.17) is 33.7 Å². The molecule has 5 heteroatoms. The minimum absolute atomic E-state index is 0.329. The summed E-state index contributed by atoms with van der Waals surface area (Å²) in [6.45, 7) is 0. The monoisotopic (exact) mass is 359 g/mol. The van der Waals surface area contributed by atoms with Gasteiger partial charge in [-0.3, -0.25) is 0 Å². The van der Waals surface area contributed by atoms with Crippen LogP contribution in [0.25, 0.3) is 0 Å². The molecule has 19 heavy (non-hydrogen) atoms. The van der Waals surface area contributed by atoms with Crippen molar-refractivity contribution < 1.29 is 4.74 Å². The van der Waals surface area contributed by atoms with Crippen LogP contribution in [-0.2, 0) is 0 Å². The van der Waals surface area contributed by atoms with Gasteiger partial charge >= 0.3 is 0 Å². The molecule has 0 fully saturated rings. The third-order valence-electron chi connectivity index (χ3n) is 2.84. The van der Waals surface area contributed by atoms with Crippen molar-refractivity contribution >= 4 is 39.1 Å². The maximum atomic E-state index is 6.26. The number of benzene rings is 2. The van der Waals surface area contributed by atoms with Crippen LogP contribution in [0.1, 0.15) is 17.2 Å². The molecule has 0 aliphatic carbocycles. The lowest BCUT2D eigenvalue weighted by Crippen LogP contribution is -2.13. The number of nitrogens with two attached hydrogens (primary N) is 1. The zero-order chi connectivity index (χ0) is 14.0. The summed E-state index contributed by atoms with van der Waals surface area (Å²) in [6, 6.07) is 10.6. The normalized spacial score (nSPS) is 12.3. The molecular formula is C14H12BrCl2NO. The molecule has 0 saturated heterocycles. The van der Waals surface area contributed by atoms with E-state index in [1.54, 1.807) is 19.2 Å². The molecule has 2 nitrogen and oxygen atoms in total. The Kier molecular flexibility index (Phi) is 4.74. The molecule has 100 valence electrons. The zero-order valence-electron chi connectivity index (χ0n) is 10.2. The highest BCUT2D eigenvalue weighted by Crippen LogP contribution is 2.33. The van der Waals surface area contributed by atoms with Crippen LogP contribution in [0.4, 0.5) is 0 Å². The Morgan fingerprint density at radius 2 is 1.79 bits per heavy atom. The van der Waals surface area contributed by atoms with E-state index in [2.05, 4.69) is 15.9 Å². The van der Waals surface area contributed by atoms with Crippen molar-refractivity contribution in [3.05, 3.63) is 62.0 Å². The minimum atomic E-state index is -0.329. The fourth-order valence-corrected chi connectivity index (χ4v) is 2.94. The lowest BCUT2D eigenvalue weighted by Gasteiger charge is -2.16. The third kappa shape index (κ3) is 3.23. The second kappa shape index (κ2) is 6.14. The van der Waals surface area contributed by atoms with E-state index in [1.165, 1.54) is 0 Å². The van der Waals surface area contributed by atoms with Crippen molar-refractivity contribution in [1.29, 1.82) is 0 Å². The quantitative estimate of drug-likeness (QED) is 0.852. The van der Waals surface area contributed by atoms with E-state index in [0.717, 1.165) is 21.3 Å². The molecule has 1 unspecified atom stereocenters. The van der Waals surface area contributed by atoms with Gasteiger partial charge in [0.1, 0.15) is 5.75 Å². The number of halogens is 3. The van der Waals surface area contributed by atoms with Crippen LogP contribution in [0.15, 0.2) is 40.9 Å². The number of rotatable bonds is 3. The van der Waals surface area contributed by atoms with Gasteiger partial charge in [0.2, 0.25) is 0 Å². The van der Waals surface area contributed by atoms with Gasteiger partial charge in [-0.05, 0) is 35.4 Å². The molecule has 0 bridgehead atoms. The van der Waals surface area contributed by atoms with E-state index in [-0.39, 0.29) is 6.04 Å². The molecule has 2 N–H and O–H groups in total. The highest BCUT2D eigenvalue weighted by Gasteiger charge is 2.16. The number of hydrogen-bond donors (Lipinski definition) is 1. The van der Waals surface area contributed by atoms with Gasteiger partial charge in [0.15, 0.2) is 0 Å². The molecule has 0 aliphatic heterocycles. The van der Waals surface area contributed by atoms with Gasteiger partial charge in [0.05, 0.1) is 13.2 Å². The molecule has 0 heterocycles. The zero-order valence-corrected chi connectivity index (χ0v) is 13.3. The fraction of sp³-hybridized carbons (Fsp3) is 0.143. The first-order valence-electron chi connectivity index (χ1n) is 5.57. The molecule has 2 rings (SSSR count). The summed E-state index contributed by atoms with van der Waals surface area (Å²) in [6.07, 6.45) is 0. The summed E-state index contributed by atoms with van der Waals surface area (Å²) >= 11 is 15.6. The van der Waals surface area contributed by atoms with Crippen molar-refractivity contribution in [3.8, 4) is 5.75 Å². The molecule has 2 aromatic carbocycles. The maximum absolute atomic E-state index is 6.26. The molecule has 0 spiro atoms. The van der Waals surface area contributed by atoms with Gasteiger partial charge < -0.3 is 10.5 Å². The summed E-state index contributed by atoms with van der Waals surface area (Å²) < 4.78 is 6.04. The Morgan fingerprint density at radius 3 is 2.37 bits per heavy atom. The average Bonchev–Trinajstić information content (AvgIpc) is 2.37. The topological polar surface area (TPSA) is 35.2 Å². The van der Waals surface area contributed by atoms with Crippen LogP contribution >= 0.6 is 39.1 Å².